The molecule has 2 aromatic carbocycles. The molecule has 0 saturated heterocycles. The number of ether oxygens (including phenoxy) is 2. The Morgan fingerprint density at radius 1 is 1.04 bits per heavy atom. The number of fused-ring (bicyclic) bond motifs is 1. The van der Waals surface area contributed by atoms with Crippen molar-refractivity contribution in [2.24, 2.45) is 0 Å². The van der Waals surface area contributed by atoms with E-state index in [1.165, 1.54) is 12.1 Å². The van der Waals surface area contributed by atoms with Gasteiger partial charge < -0.3 is 19.2 Å². The number of hydrogen-bond donors (Lipinski definition) is 1. The van der Waals surface area contributed by atoms with Crippen molar-refractivity contribution in [3.63, 3.8) is 0 Å². The van der Waals surface area contributed by atoms with Gasteiger partial charge in [0.2, 0.25) is 5.76 Å². The van der Waals surface area contributed by atoms with Crippen LogP contribution in [0.2, 0.25) is 0 Å². The summed E-state index contributed by atoms with van der Waals surface area (Å²) in [4.78, 5) is 16.4. The van der Waals surface area contributed by atoms with Crippen LogP contribution in [0.3, 0.4) is 0 Å². The van der Waals surface area contributed by atoms with E-state index in [1.54, 1.807) is 45.0 Å². The van der Waals surface area contributed by atoms with Crippen LogP contribution in [0.1, 0.15) is 27.7 Å². The first-order valence-corrected chi connectivity index (χ1v) is 8.48. The lowest BCUT2D eigenvalue weighted by Gasteiger charge is -2.09. The van der Waals surface area contributed by atoms with Crippen LogP contribution in [0.25, 0.3) is 11.1 Å². The van der Waals surface area contributed by atoms with Crippen LogP contribution in [0.4, 0.5) is 14.5 Å². The van der Waals surface area contributed by atoms with E-state index in [2.05, 4.69) is 19.8 Å². The van der Waals surface area contributed by atoms with Gasteiger partial charge in [0.05, 0.1) is 5.69 Å². The lowest BCUT2D eigenvalue weighted by molar-refractivity contribution is -0.286. The smallest absolute Gasteiger partial charge is 0.436 e. The Morgan fingerprint density at radius 3 is 2.29 bits per heavy atom. The van der Waals surface area contributed by atoms with Crippen LogP contribution in [0.5, 0.6) is 11.5 Å². The molecule has 0 aliphatic carbocycles. The third-order valence-electron chi connectivity index (χ3n) is 4.31. The fraction of sp³-hybridized carbons (Fsp3) is 0.200. The molecule has 1 aliphatic heterocycles. The van der Waals surface area contributed by atoms with Gasteiger partial charge in [-0.25, -0.2) is 4.98 Å². The Balaban J connectivity index is 1.56. The molecule has 0 atom stereocenters. The molecule has 6 nitrogen and oxygen atoms in total. The molecule has 0 fully saturated rings. The first-order valence-electron chi connectivity index (χ1n) is 8.48. The molecule has 0 radical (unpaired) electrons. The van der Waals surface area contributed by atoms with Crippen molar-refractivity contribution in [3.05, 3.63) is 59.3 Å². The number of amides is 1. The average Bonchev–Trinajstić information content (AvgIpc) is 3.11. The topological polar surface area (TPSA) is 73.6 Å². The number of alkyl halides is 2. The summed E-state index contributed by atoms with van der Waals surface area (Å²) in [5, 5.41) is 2.74. The van der Waals surface area contributed by atoms with Crippen LogP contribution in [0.15, 0.2) is 40.8 Å². The molecule has 1 N–H and O–H groups in total. The third kappa shape index (κ3) is 3.28. The quantitative estimate of drug-likeness (QED) is 0.697. The summed E-state index contributed by atoms with van der Waals surface area (Å²) in [6.07, 6.45) is -3.65. The zero-order chi connectivity index (χ0) is 20.1. The normalized spacial score (nSPS) is 14.2. The molecule has 0 unspecified atom stereocenters. The minimum absolute atomic E-state index is 0.00727. The van der Waals surface area contributed by atoms with Crippen molar-refractivity contribution in [2.75, 3.05) is 5.32 Å². The van der Waals surface area contributed by atoms with E-state index < -0.39 is 12.2 Å². The number of halogens is 2. The second kappa shape index (κ2) is 6.33. The Morgan fingerprint density at radius 2 is 1.68 bits per heavy atom. The summed E-state index contributed by atoms with van der Waals surface area (Å²) in [5.41, 5.74) is 3.33. The summed E-state index contributed by atoms with van der Waals surface area (Å²) < 4.78 is 40.8. The summed E-state index contributed by atoms with van der Waals surface area (Å²) in [5.74, 6) is 0.176. The number of carbonyl (C=O) groups excluding carboxylic acids is 1. The number of anilines is 1. The van der Waals surface area contributed by atoms with Gasteiger partial charge in [-0.15, -0.1) is 8.78 Å². The third-order valence-corrected chi connectivity index (χ3v) is 4.31. The number of oxazole rings is 1. The van der Waals surface area contributed by atoms with Crippen LogP contribution >= 0.6 is 0 Å². The molecule has 4 rings (SSSR count). The molecular formula is C20H16F2N2O4. The van der Waals surface area contributed by atoms with Gasteiger partial charge >= 0.3 is 6.29 Å². The van der Waals surface area contributed by atoms with E-state index >= 15 is 0 Å². The van der Waals surface area contributed by atoms with E-state index in [0.717, 1.165) is 16.7 Å². The van der Waals surface area contributed by atoms with Crippen LogP contribution in [0, 0.1) is 20.8 Å². The van der Waals surface area contributed by atoms with Gasteiger partial charge in [-0.2, -0.15) is 0 Å². The molecule has 1 aliphatic rings. The van der Waals surface area contributed by atoms with Gasteiger partial charge in [0.1, 0.15) is 0 Å². The highest BCUT2D eigenvalue weighted by Gasteiger charge is 2.43. The highest BCUT2D eigenvalue weighted by Crippen LogP contribution is 2.44. The highest BCUT2D eigenvalue weighted by molar-refractivity contribution is 6.03. The van der Waals surface area contributed by atoms with Crippen LogP contribution in [-0.2, 0) is 0 Å². The van der Waals surface area contributed by atoms with Crippen LogP contribution < -0.4 is 14.8 Å². The molecule has 0 spiro atoms. The molecule has 8 heteroatoms. The molecule has 0 saturated carbocycles. The lowest BCUT2D eigenvalue weighted by atomic mass is 9.99. The van der Waals surface area contributed by atoms with Gasteiger partial charge in [-0.05, 0) is 54.8 Å². The number of rotatable bonds is 3. The van der Waals surface area contributed by atoms with E-state index in [-0.39, 0.29) is 17.3 Å². The largest absolute Gasteiger partial charge is 0.586 e. The number of aromatic nitrogens is 1. The molecular weight excluding hydrogens is 370 g/mol. The SMILES string of the molecule is Cc1nc(C)c(C(=O)Nc2ccc(-c3cc4c(cc3C)OC(F)(F)O4)cc2)o1. The number of carbonyl (C=O) groups is 1. The van der Waals surface area contributed by atoms with Crippen molar-refractivity contribution >= 4 is 11.6 Å². The van der Waals surface area contributed by atoms with Crippen molar-refractivity contribution in [1.29, 1.82) is 0 Å². The number of nitrogens with one attached hydrogen (secondary N) is 1. The van der Waals surface area contributed by atoms with Gasteiger partial charge in [0.15, 0.2) is 17.4 Å². The van der Waals surface area contributed by atoms with Gasteiger partial charge in [0, 0.05) is 12.6 Å². The molecule has 3 aromatic rings. The summed E-state index contributed by atoms with van der Waals surface area (Å²) in [7, 11) is 0. The number of hydrogen-bond acceptors (Lipinski definition) is 5. The monoisotopic (exact) mass is 386 g/mol. The van der Waals surface area contributed by atoms with Gasteiger partial charge in [0.25, 0.3) is 5.91 Å². The first-order chi connectivity index (χ1) is 13.2. The van der Waals surface area contributed by atoms with E-state index in [0.29, 0.717) is 17.3 Å². The fourth-order valence-electron chi connectivity index (χ4n) is 3.07. The molecule has 2 heterocycles. The summed E-state index contributed by atoms with van der Waals surface area (Å²) >= 11 is 0. The molecule has 1 amide bonds. The Bertz CT molecular complexity index is 1070. The van der Waals surface area contributed by atoms with Crippen molar-refractivity contribution in [1.82, 2.24) is 4.98 Å². The van der Waals surface area contributed by atoms with E-state index in [9.17, 15) is 13.6 Å². The predicted molar refractivity (Wildman–Crippen MR) is 96.7 cm³/mol. The predicted octanol–water partition coefficient (Wildman–Crippen LogP) is 4.84. The molecule has 0 bridgehead atoms. The Hall–Kier alpha value is -3.42. The lowest BCUT2D eigenvalue weighted by Crippen LogP contribution is -2.25. The summed E-state index contributed by atoms with van der Waals surface area (Å²) in [6, 6.07) is 10.00. The van der Waals surface area contributed by atoms with E-state index in [4.69, 9.17) is 4.42 Å². The first kappa shape index (κ1) is 18.0. The zero-order valence-electron chi connectivity index (χ0n) is 15.3. The minimum atomic E-state index is -3.65. The minimum Gasteiger partial charge on any atom is -0.436 e. The highest BCUT2D eigenvalue weighted by atomic mass is 19.3. The Labute approximate surface area is 159 Å². The van der Waals surface area contributed by atoms with E-state index in [1.807, 2.05) is 0 Å². The summed E-state index contributed by atoms with van der Waals surface area (Å²) in [6.45, 7) is 5.16. The van der Waals surface area contributed by atoms with Crippen LogP contribution in [-0.4, -0.2) is 17.2 Å². The molecule has 28 heavy (non-hydrogen) atoms. The number of aryl methyl sites for hydroxylation is 3. The molecule has 144 valence electrons. The second-order valence-electron chi connectivity index (χ2n) is 6.46. The number of benzene rings is 2. The fourth-order valence-corrected chi connectivity index (χ4v) is 3.07. The maximum atomic E-state index is 13.3. The maximum Gasteiger partial charge on any atom is 0.586 e. The zero-order valence-corrected chi connectivity index (χ0v) is 15.3. The molecule has 1 aromatic heterocycles. The number of nitrogens with zero attached hydrogens (tertiary/aromatic N) is 1. The maximum absolute atomic E-state index is 13.3. The average molecular weight is 386 g/mol. The van der Waals surface area contributed by atoms with Gasteiger partial charge in [-0.1, -0.05) is 12.1 Å². The van der Waals surface area contributed by atoms with Crippen molar-refractivity contribution in [2.45, 2.75) is 27.1 Å². The van der Waals surface area contributed by atoms with Gasteiger partial charge in [-0.3, -0.25) is 4.79 Å². The standard InChI is InChI=1S/C20H16F2N2O4/c1-10-8-16-17(28-20(21,22)27-16)9-15(10)13-4-6-14(7-5-13)24-19(25)18-11(2)23-12(3)26-18/h4-9H,1-3H3,(H,24,25). The second-order valence-corrected chi connectivity index (χ2v) is 6.46. The van der Waals surface area contributed by atoms with Crippen molar-refractivity contribution in [3.8, 4) is 22.6 Å². The van der Waals surface area contributed by atoms with Crippen molar-refractivity contribution < 1.29 is 27.5 Å². The Kier molecular flexibility index (Phi) is 4.06.